The number of hydrogen-bond acceptors (Lipinski definition) is 5. The predicted molar refractivity (Wildman–Crippen MR) is 111 cm³/mol. The van der Waals surface area contributed by atoms with Crippen LogP contribution in [0.5, 0.6) is 0 Å². The summed E-state index contributed by atoms with van der Waals surface area (Å²) in [7, 11) is 0. The van der Waals surface area contributed by atoms with Crippen LogP contribution in [0.25, 0.3) is 0 Å². The summed E-state index contributed by atoms with van der Waals surface area (Å²) in [6.07, 6.45) is 1.58. The Balaban J connectivity index is 1.42. The molecule has 2 aromatic carbocycles. The fourth-order valence-corrected chi connectivity index (χ4v) is 3.49. The maximum atomic E-state index is 12.1. The highest BCUT2D eigenvalue weighted by Crippen LogP contribution is 2.17. The van der Waals surface area contributed by atoms with Crippen molar-refractivity contribution in [1.29, 1.82) is 0 Å². The Morgan fingerprint density at radius 2 is 1.71 bits per heavy atom. The first kappa shape index (κ1) is 20.0. The van der Waals surface area contributed by atoms with E-state index in [1.807, 2.05) is 30.3 Å². The molecule has 0 fully saturated rings. The molecule has 3 rings (SSSR count). The molecule has 2 amide bonds. The fraction of sp³-hybridized carbons (Fsp3) is 0.200. The molecule has 28 heavy (non-hydrogen) atoms. The van der Waals surface area contributed by atoms with Crippen LogP contribution in [-0.2, 0) is 17.6 Å². The van der Waals surface area contributed by atoms with Crippen molar-refractivity contribution in [2.24, 2.45) is 0 Å². The van der Waals surface area contributed by atoms with E-state index in [2.05, 4.69) is 20.8 Å². The first-order chi connectivity index (χ1) is 13.6. The van der Waals surface area contributed by atoms with E-state index in [9.17, 15) is 9.59 Å². The van der Waals surface area contributed by atoms with Crippen molar-refractivity contribution in [2.45, 2.75) is 19.3 Å². The molecule has 0 atom stereocenters. The third-order valence-corrected chi connectivity index (χ3v) is 5.17. The van der Waals surface area contributed by atoms with Gasteiger partial charge in [-0.25, -0.2) is 0 Å². The first-order valence-corrected chi connectivity index (χ1v) is 10.00. The predicted octanol–water partition coefficient (Wildman–Crippen LogP) is 3.74. The van der Waals surface area contributed by atoms with Crippen molar-refractivity contribution in [3.8, 4) is 0 Å². The van der Waals surface area contributed by atoms with E-state index in [4.69, 9.17) is 11.6 Å². The second-order valence-corrected chi connectivity index (χ2v) is 7.49. The minimum absolute atomic E-state index is 0.0985. The summed E-state index contributed by atoms with van der Waals surface area (Å²) in [4.78, 5) is 24.2. The van der Waals surface area contributed by atoms with Crippen LogP contribution in [0.3, 0.4) is 0 Å². The Hall–Kier alpha value is -2.77. The van der Waals surface area contributed by atoms with Crippen molar-refractivity contribution in [2.75, 3.05) is 11.9 Å². The molecule has 0 saturated heterocycles. The van der Waals surface area contributed by atoms with Gasteiger partial charge in [0.1, 0.15) is 5.01 Å². The van der Waals surface area contributed by atoms with Gasteiger partial charge < -0.3 is 10.6 Å². The lowest BCUT2D eigenvalue weighted by molar-refractivity contribution is -0.116. The van der Waals surface area contributed by atoms with Crippen molar-refractivity contribution in [1.82, 2.24) is 15.5 Å². The smallest absolute Gasteiger partial charge is 0.252 e. The van der Waals surface area contributed by atoms with Crippen LogP contribution in [0.2, 0.25) is 5.02 Å². The van der Waals surface area contributed by atoms with E-state index in [0.29, 0.717) is 41.5 Å². The van der Waals surface area contributed by atoms with Crippen LogP contribution >= 0.6 is 22.9 Å². The third-order valence-electron chi connectivity index (χ3n) is 3.94. The monoisotopic (exact) mass is 414 g/mol. The number of nitrogens with one attached hydrogen (secondary N) is 2. The number of carbonyl (C=O) groups excluding carboxylic acids is 2. The molecule has 3 aromatic rings. The molecule has 0 saturated carbocycles. The molecule has 6 nitrogen and oxygen atoms in total. The van der Waals surface area contributed by atoms with E-state index in [1.54, 1.807) is 24.3 Å². The number of aromatic nitrogens is 2. The molecule has 144 valence electrons. The van der Waals surface area contributed by atoms with Gasteiger partial charge in [0.2, 0.25) is 11.0 Å². The van der Waals surface area contributed by atoms with Crippen LogP contribution in [0.4, 0.5) is 5.13 Å². The van der Waals surface area contributed by atoms with E-state index in [1.165, 1.54) is 11.3 Å². The van der Waals surface area contributed by atoms with Crippen molar-refractivity contribution >= 4 is 39.9 Å². The highest BCUT2D eigenvalue weighted by atomic mass is 35.5. The topological polar surface area (TPSA) is 84.0 Å². The van der Waals surface area contributed by atoms with Crippen LogP contribution < -0.4 is 10.6 Å². The number of benzene rings is 2. The number of rotatable bonds is 8. The van der Waals surface area contributed by atoms with Crippen LogP contribution in [0.15, 0.2) is 54.6 Å². The number of hydrogen-bond donors (Lipinski definition) is 2. The highest BCUT2D eigenvalue weighted by molar-refractivity contribution is 7.15. The van der Waals surface area contributed by atoms with E-state index in [0.717, 1.165) is 10.6 Å². The minimum Gasteiger partial charge on any atom is -0.352 e. The molecular formula is C20H19ClN4O2S. The van der Waals surface area contributed by atoms with Gasteiger partial charge in [-0.3, -0.25) is 9.59 Å². The average molecular weight is 415 g/mol. The molecule has 0 radical (unpaired) electrons. The summed E-state index contributed by atoms with van der Waals surface area (Å²) in [5.74, 6) is -0.330. The maximum absolute atomic E-state index is 12.1. The molecular weight excluding hydrogens is 396 g/mol. The van der Waals surface area contributed by atoms with E-state index in [-0.39, 0.29) is 11.8 Å². The van der Waals surface area contributed by atoms with Gasteiger partial charge in [-0.15, -0.1) is 10.2 Å². The molecule has 0 bridgehead atoms. The fourth-order valence-electron chi connectivity index (χ4n) is 2.51. The Morgan fingerprint density at radius 1 is 0.964 bits per heavy atom. The van der Waals surface area contributed by atoms with Crippen LogP contribution in [-0.4, -0.2) is 28.6 Å². The van der Waals surface area contributed by atoms with E-state index < -0.39 is 0 Å². The minimum atomic E-state index is -0.232. The summed E-state index contributed by atoms with van der Waals surface area (Å²) in [6.45, 7) is 0.403. The largest absolute Gasteiger partial charge is 0.352 e. The summed E-state index contributed by atoms with van der Waals surface area (Å²) in [5.41, 5.74) is 1.55. The van der Waals surface area contributed by atoms with Gasteiger partial charge in [0.15, 0.2) is 0 Å². The Kier molecular flexibility index (Phi) is 7.11. The van der Waals surface area contributed by atoms with Crippen LogP contribution in [0.1, 0.15) is 27.3 Å². The summed E-state index contributed by atoms with van der Waals surface area (Å²) in [6, 6.07) is 16.7. The van der Waals surface area contributed by atoms with Gasteiger partial charge in [-0.05, 0) is 24.1 Å². The lowest BCUT2D eigenvalue weighted by Crippen LogP contribution is -2.25. The highest BCUT2D eigenvalue weighted by Gasteiger charge is 2.11. The molecule has 0 aliphatic heterocycles. The first-order valence-electron chi connectivity index (χ1n) is 8.80. The number of aryl methyl sites for hydroxylation is 1. The van der Waals surface area contributed by atoms with Crippen molar-refractivity contribution in [3.05, 3.63) is 75.8 Å². The molecule has 0 aliphatic rings. The Bertz CT molecular complexity index is 946. The van der Waals surface area contributed by atoms with E-state index >= 15 is 0 Å². The zero-order valence-electron chi connectivity index (χ0n) is 15.0. The van der Waals surface area contributed by atoms with Gasteiger partial charge in [0, 0.05) is 19.4 Å². The van der Waals surface area contributed by atoms with Gasteiger partial charge in [0.05, 0.1) is 10.6 Å². The zero-order valence-corrected chi connectivity index (χ0v) is 16.6. The summed E-state index contributed by atoms with van der Waals surface area (Å²) >= 11 is 7.31. The molecule has 1 heterocycles. The Labute approximate surface area is 172 Å². The number of halogens is 1. The van der Waals surface area contributed by atoms with Gasteiger partial charge >= 0.3 is 0 Å². The lowest BCUT2D eigenvalue weighted by atomic mass is 10.1. The van der Waals surface area contributed by atoms with Gasteiger partial charge in [-0.1, -0.05) is 65.4 Å². The maximum Gasteiger partial charge on any atom is 0.252 e. The average Bonchev–Trinajstić information content (AvgIpc) is 3.14. The number of carbonyl (C=O) groups is 2. The number of nitrogens with zero attached hydrogens (tertiary/aromatic N) is 2. The SMILES string of the molecule is O=C(CCc1ccccc1)Nc1nnc(CCNC(=O)c2ccccc2Cl)s1. The number of amides is 2. The summed E-state index contributed by atoms with van der Waals surface area (Å²) in [5, 5.41) is 15.2. The van der Waals surface area contributed by atoms with Crippen LogP contribution in [0, 0.1) is 0 Å². The third kappa shape index (κ3) is 5.87. The molecule has 2 N–H and O–H groups in total. The molecule has 8 heteroatoms. The Morgan fingerprint density at radius 3 is 2.50 bits per heavy atom. The van der Waals surface area contributed by atoms with Gasteiger partial charge in [-0.2, -0.15) is 0 Å². The zero-order chi connectivity index (χ0) is 19.8. The quantitative estimate of drug-likeness (QED) is 0.588. The molecule has 0 aliphatic carbocycles. The second-order valence-electron chi connectivity index (χ2n) is 6.02. The number of anilines is 1. The normalized spacial score (nSPS) is 10.5. The summed E-state index contributed by atoms with van der Waals surface area (Å²) < 4.78 is 0. The van der Waals surface area contributed by atoms with Crippen molar-refractivity contribution < 1.29 is 9.59 Å². The van der Waals surface area contributed by atoms with Crippen molar-refractivity contribution in [3.63, 3.8) is 0 Å². The second kappa shape index (κ2) is 9.96. The standard InChI is InChI=1S/C20H19ClN4O2S/c21-16-9-5-4-8-15(16)19(27)22-13-12-18-24-25-20(28-18)23-17(26)11-10-14-6-2-1-3-7-14/h1-9H,10-13H2,(H,22,27)(H,23,25,26). The lowest BCUT2D eigenvalue weighted by Gasteiger charge is -2.05. The molecule has 0 unspecified atom stereocenters. The molecule has 0 spiro atoms. The van der Waals surface area contributed by atoms with Gasteiger partial charge in [0.25, 0.3) is 5.91 Å². The molecule has 1 aromatic heterocycles.